The van der Waals surface area contributed by atoms with Crippen LogP contribution in [0.3, 0.4) is 0 Å². The minimum atomic E-state index is -1.56. The zero-order valence-electron chi connectivity index (χ0n) is 9.75. The van der Waals surface area contributed by atoms with Gasteiger partial charge in [0.1, 0.15) is 0 Å². The largest absolute Gasteiger partial charge is 0.479 e. The Morgan fingerprint density at radius 2 is 2.05 bits per heavy atom. The third kappa shape index (κ3) is 2.89. The first-order valence-corrected chi connectivity index (χ1v) is 6.20. The van der Waals surface area contributed by atoms with E-state index in [4.69, 9.17) is 4.74 Å². The highest BCUT2D eigenvalue weighted by Crippen LogP contribution is 2.27. The standard InChI is InChI=1S/C11H9BrF3N3O/c1-2-6(10-16-11(12)18-17-10)19-7-4-3-5(13)8(14)9(7)15/h3-4,6H,2H2,1H3,(H,16,17,18). The number of ether oxygens (including phenoxy) is 1. The molecule has 1 atom stereocenters. The maximum Gasteiger partial charge on any atom is 0.217 e. The van der Waals surface area contributed by atoms with Gasteiger partial charge in [0, 0.05) is 0 Å². The SMILES string of the molecule is CCC(Oc1ccc(F)c(F)c1F)c1nc(Br)n[nH]1. The summed E-state index contributed by atoms with van der Waals surface area (Å²) in [5, 5.41) is 6.35. The minimum Gasteiger partial charge on any atom is -0.479 e. The number of nitrogens with one attached hydrogen (secondary N) is 1. The van der Waals surface area contributed by atoms with Crippen molar-refractivity contribution in [3.05, 3.63) is 40.1 Å². The average molecular weight is 336 g/mol. The highest BCUT2D eigenvalue weighted by Gasteiger charge is 2.20. The maximum atomic E-state index is 13.5. The summed E-state index contributed by atoms with van der Waals surface area (Å²) in [4.78, 5) is 3.98. The first kappa shape index (κ1) is 13.9. The molecule has 8 heteroatoms. The van der Waals surface area contributed by atoms with Crippen LogP contribution in [-0.2, 0) is 0 Å². The second kappa shape index (κ2) is 5.60. The number of nitrogens with zero attached hydrogens (tertiary/aromatic N) is 2. The van der Waals surface area contributed by atoms with E-state index >= 15 is 0 Å². The third-order valence-electron chi connectivity index (χ3n) is 2.42. The lowest BCUT2D eigenvalue weighted by atomic mass is 10.2. The molecule has 0 saturated heterocycles. The molecule has 1 heterocycles. The van der Waals surface area contributed by atoms with Gasteiger partial charge < -0.3 is 4.74 Å². The highest BCUT2D eigenvalue weighted by molar-refractivity contribution is 9.10. The molecule has 19 heavy (non-hydrogen) atoms. The fourth-order valence-corrected chi connectivity index (χ4v) is 1.76. The van der Waals surface area contributed by atoms with E-state index in [1.54, 1.807) is 6.92 Å². The molecule has 0 aliphatic rings. The van der Waals surface area contributed by atoms with Crippen LogP contribution >= 0.6 is 15.9 Å². The van der Waals surface area contributed by atoms with Gasteiger partial charge >= 0.3 is 0 Å². The van der Waals surface area contributed by atoms with Gasteiger partial charge in [0.05, 0.1) is 0 Å². The lowest BCUT2D eigenvalue weighted by Gasteiger charge is -2.15. The molecular weight excluding hydrogens is 327 g/mol. The van der Waals surface area contributed by atoms with Gasteiger partial charge in [-0.15, -0.1) is 5.10 Å². The van der Waals surface area contributed by atoms with Crippen molar-refractivity contribution in [3.63, 3.8) is 0 Å². The fourth-order valence-electron chi connectivity index (χ4n) is 1.48. The molecule has 1 N–H and O–H groups in total. The number of H-pyrrole nitrogens is 1. The van der Waals surface area contributed by atoms with Crippen LogP contribution in [0.25, 0.3) is 0 Å². The summed E-state index contributed by atoms with van der Waals surface area (Å²) < 4.78 is 45.0. The van der Waals surface area contributed by atoms with Crippen molar-refractivity contribution in [2.45, 2.75) is 19.4 Å². The first-order valence-electron chi connectivity index (χ1n) is 5.40. The van der Waals surface area contributed by atoms with E-state index in [2.05, 4.69) is 31.1 Å². The van der Waals surface area contributed by atoms with Crippen molar-refractivity contribution in [2.75, 3.05) is 0 Å². The molecule has 2 aromatic rings. The van der Waals surface area contributed by atoms with Gasteiger partial charge in [0.25, 0.3) is 0 Å². The monoisotopic (exact) mass is 335 g/mol. The Balaban J connectivity index is 2.26. The van der Waals surface area contributed by atoms with E-state index in [-0.39, 0.29) is 5.75 Å². The number of rotatable bonds is 4. The smallest absolute Gasteiger partial charge is 0.217 e. The van der Waals surface area contributed by atoms with E-state index in [0.29, 0.717) is 17.0 Å². The lowest BCUT2D eigenvalue weighted by Crippen LogP contribution is -2.10. The van der Waals surface area contributed by atoms with Crippen LogP contribution in [0.2, 0.25) is 0 Å². The van der Waals surface area contributed by atoms with Gasteiger partial charge in [-0.3, -0.25) is 5.10 Å². The van der Waals surface area contributed by atoms with Gasteiger partial charge in [-0.05, 0) is 34.5 Å². The highest BCUT2D eigenvalue weighted by atomic mass is 79.9. The Bertz CT molecular complexity index is 591. The van der Waals surface area contributed by atoms with Gasteiger partial charge in [-0.1, -0.05) is 6.92 Å². The summed E-state index contributed by atoms with van der Waals surface area (Å²) in [6.45, 7) is 1.78. The number of aromatic nitrogens is 3. The molecule has 0 amide bonds. The molecule has 1 aromatic carbocycles. The molecule has 0 aliphatic carbocycles. The predicted molar refractivity (Wildman–Crippen MR) is 64.1 cm³/mol. The third-order valence-corrected chi connectivity index (χ3v) is 2.77. The molecule has 0 saturated carbocycles. The molecule has 1 unspecified atom stereocenters. The molecule has 0 spiro atoms. The quantitative estimate of drug-likeness (QED) is 0.870. The number of halogens is 4. The summed E-state index contributed by atoms with van der Waals surface area (Å²) >= 11 is 3.06. The van der Waals surface area contributed by atoms with Crippen LogP contribution < -0.4 is 4.74 Å². The van der Waals surface area contributed by atoms with Crippen molar-refractivity contribution in [3.8, 4) is 5.75 Å². The summed E-state index contributed by atoms with van der Waals surface area (Å²) in [7, 11) is 0. The average Bonchev–Trinajstić information content (AvgIpc) is 2.82. The van der Waals surface area contributed by atoms with Crippen molar-refractivity contribution in [2.24, 2.45) is 0 Å². The number of hydrogen-bond acceptors (Lipinski definition) is 3. The van der Waals surface area contributed by atoms with E-state index in [0.717, 1.165) is 12.1 Å². The van der Waals surface area contributed by atoms with Crippen LogP contribution in [0, 0.1) is 17.5 Å². The van der Waals surface area contributed by atoms with Gasteiger partial charge in [-0.25, -0.2) is 13.8 Å². The number of benzene rings is 1. The first-order chi connectivity index (χ1) is 9.02. The maximum absolute atomic E-state index is 13.5. The van der Waals surface area contributed by atoms with Crippen LogP contribution in [0.4, 0.5) is 13.2 Å². The summed E-state index contributed by atoms with van der Waals surface area (Å²) in [5.41, 5.74) is 0. The Morgan fingerprint density at radius 3 is 2.63 bits per heavy atom. The molecule has 0 aliphatic heterocycles. The van der Waals surface area contributed by atoms with Gasteiger partial charge in [-0.2, -0.15) is 4.39 Å². The van der Waals surface area contributed by atoms with E-state index in [9.17, 15) is 13.2 Å². The molecule has 0 radical (unpaired) electrons. The second-order valence-corrected chi connectivity index (χ2v) is 4.39. The normalized spacial score (nSPS) is 12.5. The van der Waals surface area contributed by atoms with Crippen molar-refractivity contribution >= 4 is 15.9 Å². The zero-order chi connectivity index (χ0) is 14.0. The van der Waals surface area contributed by atoms with Crippen molar-refractivity contribution < 1.29 is 17.9 Å². The van der Waals surface area contributed by atoms with E-state index in [1.807, 2.05) is 0 Å². The molecule has 2 rings (SSSR count). The Kier molecular flexibility index (Phi) is 4.08. The molecule has 0 bridgehead atoms. The summed E-state index contributed by atoms with van der Waals surface area (Å²) in [5.74, 6) is -4.21. The molecule has 102 valence electrons. The van der Waals surface area contributed by atoms with E-state index < -0.39 is 23.6 Å². The second-order valence-electron chi connectivity index (χ2n) is 3.68. The fraction of sp³-hybridized carbons (Fsp3) is 0.273. The van der Waals surface area contributed by atoms with Gasteiger partial charge in [0.15, 0.2) is 29.3 Å². The molecule has 0 fully saturated rings. The molecular formula is C11H9BrF3N3O. The van der Waals surface area contributed by atoms with E-state index in [1.165, 1.54) is 0 Å². The minimum absolute atomic E-state index is 0.329. The van der Waals surface area contributed by atoms with Crippen molar-refractivity contribution in [1.82, 2.24) is 15.2 Å². The summed E-state index contributed by atoms with van der Waals surface area (Å²) in [6.07, 6.45) is -0.196. The number of hydrogen-bond donors (Lipinski definition) is 1. The van der Waals surface area contributed by atoms with Gasteiger partial charge in [0.2, 0.25) is 10.6 Å². The topological polar surface area (TPSA) is 50.8 Å². The Morgan fingerprint density at radius 1 is 1.32 bits per heavy atom. The van der Waals surface area contributed by atoms with Crippen LogP contribution in [0.1, 0.15) is 25.3 Å². The van der Waals surface area contributed by atoms with Crippen LogP contribution in [-0.4, -0.2) is 15.2 Å². The Labute approximate surface area is 115 Å². The molecule has 1 aromatic heterocycles. The predicted octanol–water partition coefficient (Wildman–Crippen LogP) is 3.51. The molecule has 4 nitrogen and oxygen atoms in total. The zero-order valence-corrected chi connectivity index (χ0v) is 11.3. The number of aromatic amines is 1. The Hall–Kier alpha value is -1.57. The van der Waals surface area contributed by atoms with Crippen LogP contribution in [0.15, 0.2) is 16.9 Å². The lowest BCUT2D eigenvalue weighted by molar-refractivity contribution is 0.180. The van der Waals surface area contributed by atoms with Crippen molar-refractivity contribution in [1.29, 1.82) is 0 Å². The summed E-state index contributed by atoms with van der Waals surface area (Å²) in [6, 6.07) is 1.83. The van der Waals surface area contributed by atoms with Crippen LogP contribution in [0.5, 0.6) is 5.75 Å².